The second-order valence-corrected chi connectivity index (χ2v) is 10.4. The minimum absolute atomic E-state index is 0.0528. The number of likely N-dealkylation sites (tertiary alicyclic amines) is 1. The fraction of sp³-hybridized carbons (Fsp3) is 0.529. The van der Waals surface area contributed by atoms with Crippen LogP contribution in [0.1, 0.15) is 26.0 Å². The van der Waals surface area contributed by atoms with Gasteiger partial charge < -0.3 is 31.6 Å². The van der Waals surface area contributed by atoms with Crippen molar-refractivity contribution in [2.75, 3.05) is 18.8 Å². The molecule has 0 spiro atoms. The number of hydrogen-bond donors (Lipinski definition) is 5. The monoisotopic (exact) mass is 533 g/mol. The first-order valence-electron chi connectivity index (χ1n) is 10.0. The number of β-lactam (4-membered cyclic amide) rings is 1. The van der Waals surface area contributed by atoms with Crippen molar-refractivity contribution in [3.63, 3.8) is 0 Å². The highest BCUT2D eigenvalue weighted by Crippen LogP contribution is 2.26. The predicted molar refractivity (Wildman–Crippen MR) is 119 cm³/mol. The number of nitrogens with two attached hydrogens (primary N) is 2. The summed E-state index contributed by atoms with van der Waals surface area (Å²) in [6, 6.07) is -3.61. The Morgan fingerprint density at radius 3 is 2.51 bits per heavy atom. The fourth-order valence-electron chi connectivity index (χ4n) is 3.32. The summed E-state index contributed by atoms with van der Waals surface area (Å²) in [6.45, 7) is 2.21. The molecule has 0 radical (unpaired) electrons. The molecule has 18 heteroatoms. The maximum absolute atomic E-state index is 13.0. The van der Waals surface area contributed by atoms with Crippen LogP contribution in [-0.4, -0.2) is 98.5 Å². The van der Waals surface area contributed by atoms with E-state index < -0.39 is 63.4 Å². The number of nitrogens with one attached hydrogen (secondary N) is 1. The largest absolute Gasteiger partial charge is 0.478 e. The van der Waals surface area contributed by atoms with Crippen molar-refractivity contribution in [2.24, 2.45) is 10.9 Å². The highest BCUT2D eigenvalue weighted by molar-refractivity contribution is 7.84. The van der Waals surface area contributed by atoms with Gasteiger partial charge in [0.25, 0.3) is 11.8 Å². The second-order valence-electron chi connectivity index (χ2n) is 8.23. The number of carbonyl (C=O) groups is 4. The van der Waals surface area contributed by atoms with Gasteiger partial charge >= 0.3 is 16.3 Å². The average molecular weight is 534 g/mol. The summed E-state index contributed by atoms with van der Waals surface area (Å²) >= 11 is 0.945. The number of amides is 3. The zero-order valence-electron chi connectivity index (χ0n) is 18.4. The van der Waals surface area contributed by atoms with Gasteiger partial charge in [-0.15, -0.1) is 11.3 Å². The molecule has 35 heavy (non-hydrogen) atoms. The van der Waals surface area contributed by atoms with E-state index in [1.54, 1.807) is 0 Å². The molecule has 2 fully saturated rings. The number of carbonyl (C=O) groups excluding carboxylic acids is 3. The molecule has 2 saturated heterocycles. The maximum Gasteiger partial charge on any atom is 0.362 e. The Morgan fingerprint density at radius 2 is 2.03 bits per heavy atom. The third kappa shape index (κ3) is 5.34. The minimum atomic E-state index is -5.00. The van der Waals surface area contributed by atoms with Crippen LogP contribution in [0.4, 0.5) is 5.13 Å². The highest BCUT2D eigenvalue weighted by Gasteiger charge is 2.55. The van der Waals surface area contributed by atoms with E-state index in [-0.39, 0.29) is 28.2 Å². The van der Waals surface area contributed by atoms with Crippen molar-refractivity contribution >= 4 is 56.2 Å². The Morgan fingerprint density at radius 1 is 1.37 bits per heavy atom. The zero-order chi connectivity index (χ0) is 26.3. The van der Waals surface area contributed by atoms with Crippen LogP contribution < -0.4 is 16.8 Å². The van der Waals surface area contributed by atoms with Gasteiger partial charge in [0.15, 0.2) is 10.8 Å². The van der Waals surface area contributed by atoms with Crippen LogP contribution in [0.5, 0.6) is 0 Å². The number of aromatic nitrogens is 1. The van der Waals surface area contributed by atoms with Crippen molar-refractivity contribution in [3.8, 4) is 0 Å². The molecule has 0 unspecified atom stereocenters. The molecule has 0 aromatic carbocycles. The molecule has 2 aliphatic heterocycles. The molecule has 3 heterocycles. The summed E-state index contributed by atoms with van der Waals surface area (Å²) < 4.78 is 33.0. The van der Waals surface area contributed by atoms with E-state index in [1.165, 1.54) is 24.1 Å². The lowest BCUT2D eigenvalue weighted by Gasteiger charge is -2.45. The Balaban J connectivity index is 1.87. The Kier molecular flexibility index (Phi) is 7.02. The van der Waals surface area contributed by atoms with Gasteiger partial charge in [-0.25, -0.2) is 14.1 Å². The molecule has 3 rings (SSSR count). The van der Waals surface area contributed by atoms with Crippen molar-refractivity contribution in [1.29, 1.82) is 0 Å². The molecular formula is C17H23N7O9S2. The first kappa shape index (κ1) is 26.3. The number of aliphatic carboxylic acids is 1. The number of carboxylic acid groups (broad SMARTS) is 1. The molecule has 2 aliphatic rings. The van der Waals surface area contributed by atoms with Crippen molar-refractivity contribution in [2.45, 2.75) is 44.0 Å². The van der Waals surface area contributed by atoms with Crippen LogP contribution in [-0.2, 0) is 34.3 Å². The van der Waals surface area contributed by atoms with Gasteiger partial charge in [-0.1, -0.05) is 5.16 Å². The number of rotatable bonds is 9. The summed E-state index contributed by atoms with van der Waals surface area (Å²) in [4.78, 5) is 59.1. The highest BCUT2D eigenvalue weighted by atomic mass is 32.2. The predicted octanol–water partition coefficient (Wildman–Crippen LogP) is -2.63. The van der Waals surface area contributed by atoms with E-state index in [2.05, 4.69) is 15.5 Å². The van der Waals surface area contributed by atoms with Crippen LogP contribution in [0.2, 0.25) is 0 Å². The van der Waals surface area contributed by atoms with Gasteiger partial charge in [-0.3, -0.25) is 18.9 Å². The molecule has 3 amide bonds. The Labute approximate surface area is 202 Å². The van der Waals surface area contributed by atoms with Gasteiger partial charge in [-0.2, -0.15) is 8.42 Å². The number of thiazole rings is 1. The van der Waals surface area contributed by atoms with E-state index in [0.29, 0.717) is 6.42 Å². The quantitative estimate of drug-likeness (QED) is 0.0946. The third-order valence-electron chi connectivity index (χ3n) is 5.31. The number of anilines is 1. The molecule has 0 bridgehead atoms. The van der Waals surface area contributed by atoms with Crippen molar-refractivity contribution < 1.29 is 42.1 Å². The van der Waals surface area contributed by atoms with Crippen LogP contribution in [0.25, 0.3) is 0 Å². The lowest BCUT2D eigenvalue weighted by atomic mass is 9.97. The molecule has 7 N–H and O–H groups in total. The van der Waals surface area contributed by atoms with Gasteiger partial charge in [-0.05, 0) is 20.3 Å². The molecule has 0 aliphatic carbocycles. The molecule has 16 nitrogen and oxygen atoms in total. The summed E-state index contributed by atoms with van der Waals surface area (Å²) in [5, 5.41) is 16.5. The molecule has 1 aromatic heterocycles. The Hall–Kier alpha value is -3.35. The SMILES string of the molecule is CC(C)(O/N=C(/C(=O)N[C@@H]1C(=O)N(S(=O)(=O)O)[C@@H]1CN1CC[C@@H](N)C1=O)c1csc(N)n1)C(=O)O. The van der Waals surface area contributed by atoms with Gasteiger partial charge in [0.2, 0.25) is 11.5 Å². The summed E-state index contributed by atoms with van der Waals surface area (Å²) in [5.41, 5.74) is 8.79. The van der Waals surface area contributed by atoms with E-state index in [1.807, 2.05) is 0 Å². The molecular weight excluding hydrogens is 510 g/mol. The van der Waals surface area contributed by atoms with E-state index in [4.69, 9.17) is 16.3 Å². The van der Waals surface area contributed by atoms with Crippen molar-refractivity contribution in [3.05, 3.63) is 11.1 Å². The summed E-state index contributed by atoms with van der Waals surface area (Å²) in [7, 11) is -5.00. The zero-order valence-corrected chi connectivity index (χ0v) is 20.1. The van der Waals surface area contributed by atoms with Gasteiger partial charge in [0.1, 0.15) is 11.7 Å². The van der Waals surface area contributed by atoms with Gasteiger partial charge in [0.05, 0.1) is 12.1 Å². The number of nitrogens with zero attached hydrogens (tertiary/aromatic N) is 4. The van der Waals surface area contributed by atoms with Crippen LogP contribution in [0.3, 0.4) is 0 Å². The second kappa shape index (κ2) is 9.36. The van der Waals surface area contributed by atoms with E-state index >= 15 is 0 Å². The smallest absolute Gasteiger partial charge is 0.362 e. The molecule has 192 valence electrons. The molecule has 0 saturated carbocycles. The van der Waals surface area contributed by atoms with Crippen LogP contribution in [0.15, 0.2) is 10.5 Å². The maximum atomic E-state index is 13.0. The van der Waals surface area contributed by atoms with Crippen LogP contribution >= 0.6 is 11.3 Å². The Bertz CT molecular complexity index is 1200. The lowest BCUT2D eigenvalue weighted by molar-refractivity contribution is -0.161. The number of oxime groups is 1. The molecule has 1 aromatic rings. The van der Waals surface area contributed by atoms with Crippen LogP contribution in [0, 0.1) is 0 Å². The normalized spacial score (nSPS) is 23.3. The summed E-state index contributed by atoms with van der Waals surface area (Å²) in [5.74, 6) is -4.09. The fourth-order valence-corrected chi connectivity index (χ4v) is 4.74. The minimum Gasteiger partial charge on any atom is -0.478 e. The summed E-state index contributed by atoms with van der Waals surface area (Å²) in [6.07, 6.45) is 0.307. The standard InChI is InChI=1S/C17H23N7O9S2/c1-17(2,15(28)29)33-22-10(8-6-34-16(19)20-8)12(25)21-11-9(24(14(11)27)35(30,31)32)5-23-4-3-7(18)13(23)26/h6-7,9,11H,3-5,18H2,1-2H3,(H2,19,20)(H,21,25)(H,28,29)(H,30,31,32)/b22-10+/t7-,9-,11+/m1/s1. The first-order valence-corrected chi connectivity index (χ1v) is 12.3. The first-order chi connectivity index (χ1) is 16.1. The lowest BCUT2D eigenvalue weighted by Crippen LogP contribution is -2.74. The third-order valence-corrected chi connectivity index (χ3v) is 6.93. The van der Waals surface area contributed by atoms with Crippen molar-refractivity contribution in [1.82, 2.24) is 19.5 Å². The van der Waals surface area contributed by atoms with E-state index in [0.717, 1.165) is 11.3 Å². The average Bonchev–Trinajstić information content (AvgIpc) is 3.30. The topological polar surface area (TPSA) is 248 Å². The van der Waals surface area contributed by atoms with E-state index in [9.17, 15) is 37.3 Å². The molecule has 3 atom stereocenters. The van der Waals surface area contributed by atoms with Gasteiger partial charge in [0, 0.05) is 18.5 Å². The number of carboxylic acids is 1. The number of nitrogen functional groups attached to an aromatic ring is 1. The number of hydrogen-bond acceptors (Lipinski definition) is 12.